The normalized spacial score (nSPS) is 18.2. The lowest BCUT2D eigenvalue weighted by atomic mass is 10.1. The van der Waals surface area contributed by atoms with Crippen molar-refractivity contribution in [3.63, 3.8) is 0 Å². The smallest absolute Gasteiger partial charge is 0.0703 e. The SMILES string of the molecule is c1ccc(CN(Cc2cccnc2)CC2CCCO2)cc1. The molecule has 1 saturated heterocycles. The van der Waals surface area contributed by atoms with Crippen LogP contribution in [-0.4, -0.2) is 29.1 Å². The Morgan fingerprint density at radius 3 is 2.57 bits per heavy atom. The van der Waals surface area contributed by atoms with Crippen LogP contribution in [0.15, 0.2) is 54.9 Å². The Balaban J connectivity index is 1.67. The van der Waals surface area contributed by atoms with Gasteiger partial charge in [-0.2, -0.15) is 0 Å². The van der Waals surface area contributed by atoms with E-state index in [2.05, 4.69) is 46.3 Å². The average molecular weight is 282 g/mol. The number of hydrogen-bond acceptors (Lipinski definition) is 3. The van der Waals surface area contributed by atoms with Crippen molar-refractivity contribution in [1.29, 1.82) is 0 Å². The summed E-state index contributed by atoms with van der Waals surface area (Å²) in [5.74, 6) is 0. The molecule has 0 spiro atoms. The molecule has 1 atom stereocenters. The molecule has 1 aromatic heterocycles. The molecule has 1 aliphatic rings. The molecule has 1 aliphatic heterocycles. The first-order valence-corrected chi connectivity index (χ1v) is 7.67. The van der Waals surface area contributed by atoms with Gasteiger partial charge in [0.2, 0.25) is 0 Å². The van der Waals surface area contributed by atoms with Gasteiger partial charge in [-0.05, 0) is 30.0 Å². The fourth-order valence-electron chi connectivity index (χ4n) is 2.85. The minimum Gasteiger partial charge on any atom is -0.377 e. The van der Waals surface area contributed by atoms with Gasteiger partial charge in [-0.1, -0.05) is 36.4 Å². The Labute approximate surface area is 126 Å². The van der Waals surface area contributed by atoms with Crippen molar-refractivity contribution >= 4 is 0 Å². The molecule has 1 unspecified atom stereocenters. The molecule has 2 aromatic rings. The monoisotopic (exact) mass is 282 g/mol. The predicted molar refractivity (Wildman–Crippen MR) is 83.8 cm³/mol. The van der Waals surface area contributed by atoms with Crippen LogP contribution >= 0.6 is 0 Å². The third-order valence-electron chi connectivity index (χ3n) is 3.86. The lowest BCUT2D eigenvalue weighted by molar-refractivity contribution is 0.0679. The third kappa shape index (κ3) is 4.38. The standard InChI is InChI=1S/C18H22N2O/c1-2-6-16(7-3-1)13-20(15-18-9-5-11-21-18)14-17-8-4-10-19-12-17/h1-4,6-8,10,12,18H,5,9,11,13-15H2. The second kappa shape index (κ2) is 7.34. The lowest BCUT2D eigenvalue weighted by Gasteiger charge is -2.25. The van der Waals surface area contributed by atoms with Crippen molar-refractivity contribution in [1.82, 2.24) is 9.88 Å². The van der Waals surface area contributed by atoms with Gasteiger partial charge in [0.1, 0.15) is 0 Å². The van der Waals surface area contributed by atoms with Crippen molar-refractivity contribution in [3.8, 4) is 0 Å². The van der Waals surface area contributed by atoms with Crippen molar-refractivity contribution in [2.75, 3.05) is 13.2 Å². The molecule has 0 aliphatic carbocycles. The number of ether oxygens (including phenoxy) is 1. The fraction of sp³-hybridized carbons (Fsp3) is 0.389. The summed E-state index contributed by atoms with van der Waals surface area (Å²) >= 11 is 0. The third-order valence-corrected chi connectivity index (χ3v) is 3.86. The van der Waals surface area contributed by atoms with E-state index in [9.17, 15) is 0 Å². The summed E-state index contributed by atoms with van der Waals surface area (Å²) in [6.07, 6.45) is 6.53. The average Bonchev–Trinajstić information content (AvgIpc) is 3.02. The predicted octanol–water partition coefficient (Wildman–Crippen LogP) is 3.26. The van der Waals surface area contributed by atoms with Crippen LogP contribution in [0.4, 0.5) is 0 Å². The van der Waals surface area contributed by atoms with Gasteiger partial charge >= 0.3 is 0 Å². The summed E-state index contributed by atoms with van der Waals surface area (Å²) in [4.78, 5) is 6.68. The molecule has 0 N–H and O–H groups in total. The summed E-state index contributed by atoms with van der Waals surface area (Å²) in [7, 11) is 0. The van der Waals surface area contributed by atoms with Gasteiger partial charge < -0.3 is 4.74 Å². The van der Waals surface area contributed by atoms with Crippen LogP contribution < -0.4 is 0 Å². The van der Waals surface area contributed by atoms with Gasteiger partial charge in [0.15, 0.2) is 0 Å². The van der Waals surface area contributed by atoms with Gasteiger partial charge in [-0.3, -0.25) is 9.88 Å². The van der Waals surface area contributed by atoms with Gasteiger partial charge in [0, 0.05) is 38.6 Å². The van der Waals surface area contributed by atoms with E-state index < -0.39 is 0 Å². The van der Waals surface area contributed by atoms with E-state index in [1.165, 1.54) is 24.0 Å². The second-order valence-corrected chi connectivity index (χ2v) is 5.65. The lowest BCUT2D eigenvalue weighted by Crippen LogP contribution is -2.31. The van der Waals surface area contributed by atoms with Crippen molar-refractivity contribution in [2.24, 2.45) is 0 Å². The van der Waals surface area contributed by atoms with Crippen LogP contribution in [0.1, 0.15) is 24.0 Å². The number of rotatable bonds is 6. The van der Waals surface area contributed by atoms with E-state index in [1.54, 1.807) is 0 Å². The Bertz CT molecular complexity index is 482. The van der Waals surface area contributed by atoms with Crippen LogP contribution in [0.5, 0.6) is 0 Å². The maximum absolute atomic E-state index is 5.80. The zero-order valence-electron chi connectivity index (χ0n) is 12.3. The van der Waals surface area contributed by atoms with Crippen LogP contribution in [0.25, 0.3) is 0 Å². The summed E-state index contributed by atoms with van der Waals surface area (Å²) in [5, 5.41) is 0. The molecule has 1 aromatic carbocycles. The molecule has 3 nitrogen and oxygen atoms in total. The zero-order chi connectivity index (χ0) is 14.3. The molecule has 3 heteroatoms. The van der Waals surface area contributed by atoms with Gasteiger partial charge in [0.05, 0.1) is 6.10 Å². The molecule has 1 fully saturated rings. The summed E-state index contributed by atoms with van der Waals surface area (Å²) in [5.41, 5.74) is 2.60. The van der Waals surface area contributed by atoms with E-state index >= 15 is 0 Å². The van der Waals surface area contributed by atoms with Gasteiger partial charge in [0.25, 0.3) is 0 Å². The molecule has 0 bridgehead atoms. The highest BCUT2D eigenvalue weighted by Crippen LogP contribution is 2.17. The molecule has 110 valence electrons. The largest absolute Gasteiger partial charge is 0.377 e. The Morgan fingerprint density at radius 1 is 1.05 bits per heavy atom. The quantitative estimate of drug-likeness (QED) is 0.813. The van der Waals surface area contributed by atoms with Crippen LogP contribution in [-0.2, 0) is 17.8 Å². The molecular weight excluding hydrogens is 260 g/mol. The Morgan fingerprint density at radius 2 is 1.86 bits per heavy atom. The maximum atomic E-state index is 5.80. The number of aromatic nitrogens is 1. The molecular formula is C18H22N2O. The highest BCUT2D eigenvalue weighted by molar-refractivity contribution is 5.15. The molecule has 0 radical (unpaired) electrons. The van der Waals surface area contributed by atoms with Crippen LogP contribution in [0, 0.1) is 0 Å². The summed E-state index contributed by atoms with van der Waals surface area (Å²) in [6.45, 7) is 3.78. The summed E-state index contributed by atoms with van der Waals surface area (Å²) in [6, 6.07) is 14.8. The molecule has 0 saturated carbocycles. The first kappa shape index (κ1) is 14.2. The topological polar surface area (TPSA) is 25.4 Å². The number of benzene rings is 1. The highest BCUT2D eigenvalue weighted by Gasteiger charge is 2.19. The van der Waals surface area contributed by atoms with E-state index in [1.807, 2.05) is 18.5 Å². The van der Waals surface area contributed by atoms with E-state index in [0.717, 1.165) is 26.2 Å². The summed E-state index contributed by atoms with van der Waals surface area (Å²) < 4.78 is 5.80. The van der Waals surface area contributed by atoms with E-state index in [0.29, 0.717) is 6.10 Å². The number of pyridine rings is 1. The Kier molecular flexibility index (Phi) is 4.98. The minimum atomic E-state index is 0.380. The molecule has 0 amide bonds. The van der Waals surface area contributed by atoms with E-state index in [4.69, 9.17) is 4.74 Å². The van der Waals surface area contributed by atoms with Gasteiger partial charge in [-0.15, -0.1) is 0 Å². The fourth-order valence-corrected chi connectivity index (χ4v) is 2.85. The van der Waals surface area contributed by atoms with Crippen LogP contribution in [0.2, 0.25) is 0 Å². The number of hydrogen-bond donors (Lipinski definition) is 0. The first-order chi connectivity index (χ1) is 10.4. The van der Waals surface area contributed by atoms with Crippen molar-refractivity contribution < 1.29 is 4.74 Å². The van der Waals surface area contributed by atoms with Crippen LogP contribution in [0.3, 0.4) is 0 Å². The zero-order valence-corrected chi connectivity index (χ0v) is 12.3. The molecule has 2 heterocycles. The minimum absolute atomic E-state index is 0.380. The number of nitrogens with zero attached hydrogens (tertiary/aromatic N) is 2. The first-order valence-electron chi connectivity index (χ1n) is 7.67. The highest BCUT2D eigenvalue weighted by atomic mass is 16.5. The second-order valence-electron chi connectivity index (χ2n) is 5.65. The Hall–Kier alpha value is -1.71. The molecule has 3 rings (SSSR count). The maximum Gasteiger partial charge on any atom is 0.0703 e. The van der Waals surface area contributed by atoms with Crippen molar-refractivity contribution in [2.45, 2.75) is 32.0 Å². The van der Waals surface area contributed by atoms with Crippen molar-refractivity contribution in [3.05, 3.63) is 66.0 Å². The van der Waals surface area contributed by atoms with E-state index in [-0.39, 0.29) is 0 Å². The van der Waals surface area contributed by atoms with Gasteiger partial charge in [-0.25, -0.2) is 0 Å². The molecule has 21 heavy (non-hydrogen) atoms.